The molecule has 2 aromatic carbocycles. The highest BCUT2D eigenvalue weighted by Crippen LogP contribution is 2.32. The number of benzene rings is 2. The number of hydrogen-bond acceptors (Lipinski definition) is 6. The van der Waals surface area contributed by atoms with Gasteiger partial charge in [-0.25, -0.2) is 4.68 Å². The van der Waals surface area contributed by atoms with Crippen molar-refractivity contribution in [2.24, 2.45) is 0 Å². The predicted molar refractivity (Wildman–Crippen MR) is 134 cm³/mol. The van der Waals surface area contributed by atoms with Crippen LogP contribution in [-0.4, -0.2) is 65.9 Å². The van der Waals surface area contributed by atoms with Gasteiger partial charge in [-0.3, -0.25) is 4.90 Å². The Labute approximate surface area is 202 Å². The van der Waals surface area contributed by atoms with Crippen molar-refractivity contribution in [3.8, 4) is 17.3 Å². The summed E-state index contributed by atoms with van der Waals surface area (Å²) in [5.41, 5.74) is 2.87. The lowest BCUT2D eigenvalue weighted by Gasteiger charge is -2.25. The minimum atomic E-state index is -0.635. The van der Waals surface area contributed by atoms with Crippen LogP contribution in [0.15, 0.2) is 73.3 Å². The molecule has 0 aliphatic carbocycles. The second-order valence-electron chi connectivity index (χ2n) is 7.95. The highest BCUT2D eigenvalue weighted by molar-refractivity contribution is 5.43. The minimum Gasteiger partial charge on any atom is -0.439 e. The van der Waals surface area contributed by atoms with Crippen molar-refractivity contribution in [1.82, 2.24) is 14.7 Å². The zero-order valence-corrected chi connectivity index (χ0v) is 20.1. The Morgan fingerprint density at radius 3 is 2.47 bits per heavy atom. The molecule has 3 aromatic rings. The molecule has 0 fully saturated rings. The van der Waals surface area contributed by atoms with Crippen molar-refractivity contribution < 1.29 is 19.3 Å². The number of aliphatic hydroxyl groups excluding tert-OH is 1. The van der Waals surface area contributed by atoms with E-state index in [4.69, 9.17) is 19.3 Å². The van der Waals surface area contributed by atoms with Gasteiger partial charge in [-0.2, -0.15) is 5.10 Å². The van der Waals surface area contributed by atoms with Gasteiger partial charge in [0.05, 0.1) is 42.9 Å². The van der Waals surface area contributed by atoms with Gasteiger partial charge in [0.2, 0.25) is 5.88 Å². The number of aryl methyl sites for hydroxylation is 1. The SMILES string of the molecule is C=CCOC[C@@H](O)CN(CCOC)Cc1c(CC)nn(-c2ccccc2)c1Oc1ccccc1. The Balaban J connectivity index is 1.94. The first-order valence-electron chi connectivity index (χ1n) is 11.6. The highest BCUT2D eigenvalue weighted by atomic mass is 16.5. The van der Waals surface area contributed by atoms with Crippen LogP contribution in [0, 0.1) is 0 Å². The average Bonchev–Trinajstić information content (AvgIpc) is 3.20. The van der Waals surface area contributed by atoms with E-state index in [9.17, 15) is 5.11 Å². The molecule has 1 atom stereocenters. The van der Waals surface area contributed by atoms with Crippen molar-refractivity contribution in [3.05, 3.63) is 84.6 Å². The fourth-order valence-electron chi connectivity index (χ4n) is 3.69. The van der Waals surface area contributed by atoms with Gasteiger partial charge < -0.3 is 19.3 Å². The second kappa shape index (κ2) is 13.7. The van der Waals surface area contributed by atoms with Crippen molar-refractivity contribution in [2.45, 2.75) is 26.0 Å². The molecule has 3 rings (SSSR count). The van der Waals surface area contributed by atoms with Crippen LogP contribution < -0.4 is 4.74 Å². The lowest BCUT2D eigenvalue weighted by molar-refractivity contribution is 0.0192. The van der Waals surface area contributed by atoms with E-state index in [1.165, 1.54) is 0 Å². The average molecular weight is 466 g/mol. The third kappa shape index (κ3) is 7.27. The maximum absolute atomic E-state index is 10.5. The van der Waals surface area contributed by atoms with E-state index in [0.717, 1.165) is 29.1 Å². The predicted octanol–water partition coefficient (Wildman–Crippen LogP) is 4.24. The van der Waals surface area contributed by atoms with E-state index in [0.29, 0.717) is 38.7 Å². The van der Waals surface area contributed by atoms with Crippen LogP contribution in [0.25, 0.3) is 5.69 Å². The van der Waals surface area contributed by atoms with Crippen molar-refractivity contribution >= 4 is 0 Å². The van der Waals surface area contributed by atoms with Crippen LogP contribution in [0.4, 0.5) is 0 Å². The lowest BCUT2D eigenvalue weighted by Crippen LogP contribution is -2.36. The molecule has 7 heteroatoms. The third-order valence-electron chi connectivity index (χ3n) is 5.32. The molecule has 182 valence electrons. The number of aromatic nitrogens is 2. The van der Waals surface area contributed by atoms with E-state index in [2.05, 4.69) is 18.4 Å². The molecule has 0 aliphatic rings. The van der Waals surface area contributed by atoms with Gasteiger partial charge in [0.25, 0.3) is 0 Å². The summed E-state index contributed by atoms with van der Waals surface area (Å²) in [5.74, 6) is 1.42. The van der Waals surface area contributed by atoms with Crippen LogP contribution in [-0.2, 0) is 22.4 Å². The van der Waals surface area contributed by atoms with Gasteiger partial charge in [0.15, 0.2) is 0 Å². The van der Waals surface area contributed by atoms with Crippen molar-refractivity contribution in [1.29, 1.82) is 0 Å². The van der Waals surface area contributed by atoms with Crippen molar-refractivity contribution in [3.63, 3.8) is 0 Å². The van der Waals surface area contributed by atoms with E-state index in [1.54, 1.807) is 13.2 Å². The summed E-state index contributed by atoms with van der Waals surface area (Å²) in [4.78, 5) is 2.15. The first-order chi connectivity index (χ1) is 16.7. The molecule has 7 nitrogen and oxygen atoms in total. The number of aliphatic hydroxyl groups is 1. The van der Waals surface area contributed by atoms with E-state index >= 15 is 0 Å². The molecule has 1 aromatic heterocycles. The van der Waals surface area contributed by atoms with Crippen LogP contribution in [0.3, 0.4) is 0 Å². The van der Waals surface area contributed by atoms with Gasteiger partial charge in [0, 0.05) is 26.7 Å². The number of hydrogen-bond donors (Lipinski definition) is 1. The molecule has 0 saturated carbocycles. The summed E-state index contributed by atoms with van der Waals surface area (Å²) in [6, 6.07) is 19.7. The summed E-state index contributed by atoms with van der Waals surface area (Å²) < 4.78 is 19.0. The summed E-state index contributed by atoms with van der Waals surface area (Å²) in [6.45, 7) is 8.58. The second-order valence-corrected chi connectivity index (χ2v) is 7.95. The van der Waals surface area contributed by atoms with Crippen LogP contribution in [0.2, 0.25) is 0 Å². The molecule has 0 saturated heterocycles. The fourth-order valence-corrected chi connectivity index (χ4v) is 3.69. The van der Waals surface area contributed by atoms with Crippen LogP contribution >= 0.6 is 0 Å². The Hall–Kier alpha value is -2.97. The normalized spacial score (nSPS) is 12.1. The molecule has 0 unspecified atom stereocenters. The smallest absolute Gasteiger partial charge is 0.227 e. The number of nitrogens with zero attached hydrogens (tertiary/aromatic N) is 3. The standard InChI is InChI=1S/C27H35N3O4/c1-4-17-33-21-23(31)19-29(16-18-32-3)20-25-26(5-2)28-30(22-12-8-6-9-13-22)27(25)34-24-14-10-7-11-15-24/h4,6-15,23,31H,1,5,16-21H2,2-3H3/t23-/m0/s1. The number of rotatable bonds is 15. The molecule has 0 aliphatic heterocycles. The third-order valence-corrected chi connectivity index (χ3v) is 5.32. The quantitative estimate of drug-likeness (QED) is 0.268. The van der Waals surface area contributed by atoms with Crippen LogP contribution in [0.1, 0.15) is 18.2 Å². The summed E-state index contributed by atoms with van der Waals surface area (Å²) >= 11 is 0. The van der Waals surface area contributed by atoms with Crippen molar-refractivity contribution in [2.75, 3.05) is 40.0 Å². The first-order valence-corrected chi connectivity index (χ1v) is 11.6. The van der Waals surface area contributed by atoms with Gasteiger partial charge in [0.1, 0.15) is 5.75 Å². The first kappa shape index (κ1) is 25.6. The van der Waals surface area contributed by atoms with Gasteiger partial charge in [-0.1, -0.05) is 49.4 Å². The van der Waals surface area contributed by atoms with E-state index < -0.39 is 6.10 Å². The minimum absolute atomic E-state index is 0.243. The topological polar surface area (TPSA) is 69.0 Å². The molecule has 1 N–H and O–H groups in total. The molecule has 0 radical (unpaired) electrons. The zero-order chi connectivity index (χ0) is 24.2. The number of para-hydroxylation sites is 2. The van der Waals surface area contributed by atoms with Gasteiger partial charge in [-0.05, 0) is 30.7 Å². The summed E-state index contributed by atoms with van der Waals surface area (Å²) in [7, 11) is 1.68. The Kier molecular flexibility index (Phi) is 10.3. The molecular formula is C27H35N3O4. The monoisotopic (exact) mass is 465 g/mol. The van der Waals surface area contributed by atoms with E-state index in [-0.39, 0.29) is 6.61 Å². The van der Waals surface area contributed by atoms with Gasteiger partial charge >= 0.3 is 0 Å². The summed E-state index contributed by atoms with van der Waals surface area (Å²) in [5, 5.41) is 15.4. The summed E-state index contributed by atoms with van der Waals surface area (Å²) in [6.07, 6.45) is 1.79. The molecule has 0 spiro atoms. The Bertz CT molecular complexity index is 992. The molecule has 34 heavy (non-hydrogen) atoms. The molecule has 0 amide bonds. The lowest BCUT2D eigenvalue weighted by atomic mass is 10.1. The maximum Gasteiger partial charge on any atom is 0.227 e. The van der Waals surface area contributed by atoms with E-state index in [1.807, 2.05) is 65.3 Å². The Morgan fingerprint density at radius 1 is 1.12 bits per heavy atom. The number of ether oxygens (including phenoxy) is 3. The largest absolute Gasteiger partial charge is 0.439 e. The van der Waals surface area contributed by atoms with Crippen LogP contribution in [0.5, 0.6) is 11.6 Å². The molecular weight excluding hydrogens is 430 g/mol. The van der Waals surface area contributed by atoms with Gasteiger partial charge in [-0.15, -0.1) is 6.58 Å². The maximum atomic E-state index is 10.5. The fraction of sp³-hybridized carbons (Fsp3) is 0.370. The number of methoxy groups -OCH3 is 1. The molecule has 1 heterocycles. The zero-order valence-electron chi connectivity index (χ0n) is 20.1. The Morgan fingerprint density at radius 2 is 1.82 bits per heavy atom. The highest BCUT2D eigenvalue weighted by Gasteiger charge is 2.23. The molecule has 0 bridgehead atoms.